The molecule has 0 spiro atoms. The van der Waals surface area contributed by atoms with Gasteiger partial charge in [0.05, 0.1) is 7.11 Å². The molecule has 0 atom stereocenters. The summed E-state index contributed by atoms with van der Waals surface area (Å²) in [6.07, 6.45) is 0.591. The van der Waals surface area contributed by atoms with Crippen molar-refractivity contribution < 1.29 is 14.6 Å². The number of aliphatic hydroxyl groups excluding tert-OH is 1. The maximum atomic E-state index is 12.3. The summed E-state index contributed by atoms with van der Waals surface area (Å²) < 4.78 is 5.12. The molecule has 0 aromatic heterocycles. The second-order valence-electron chi connectivity index (χ2n) is 4.40. The molecule has 4 nitrogen and oxygen atoms in total. The Morgan fingerprint density at radius 2 is 2.17 bits per heavy atom. The van der Waals surface area contributed by atoms with Crippen molar-refractivity contribution in [1.82, 2.24) is 4.90 Å². The Morgan fingerprint density at radius 3 is 2.72 bits per heavy atom. The average molecular weight is 251 g/mol. The molecule has 0 heterocycles. The van der Waals surface area contributed by atoms with Gasteiger partial charge in [0.1, 0.15) is 5.75 Å². The summed E-state index contributed by atoms with van der Waals surface area (Å²) in [6, 6.07) is 7.23. The number of rotatable bonds is 6. The summed E-state index contributed by atoms with van der Waals surface area (Å²) >= 11 is 0. The van der Waals surface area contributed by atoms with Gasteiger partial charge in [0.15, 0.2) is 0 Å². The Morgan fingerprint density at radius 1 is 1.44 bits per heavy atom. The zero-order valence-electron chi connectivity index (χ0n) is 11.2. The van der Waals surface area contributed by atoms with Gasteiger partial charge in [0.25, 0.3) is 5.91 Å². The maximum Gasteiger partial charge on any atom is 0.254 e. The number of carbonyl (C=O) groups is 1. The molecule has 1 amide bonds. The molecular weight excluding hydrogens is 230 g/mol. The number of aliphatic hydroxyl groups is 1. The first-order valence-corrected chi connectivity index (χ1v) is 6.16. The highest BCUT2D eigenvalue weighted by Gasteiger charge is 2.18. The van der Waals surface area contributed by atoms with Gasteiger partial charge >= 0.3 is 0 Å². The molecule has 1 rings (SSSR count). The molecule has 0 radical (unpaired) electrons. The van der Waals surface area contributed by atoms with Crippen LogP contribution in [0.25, 0.3) is 0 Å². The lowest BCUT2D eigenvalue weighted by atomic mass is 10.1. The fraction of sp³-hybridized carbons (Fsp3) is 0.500. The van der Waals surface area contributed by atoms with Crippen LogP contribution in [0, 0.1) is 0 Å². The standard InChI is InChI=1S/C14H21NO3/c1-11(2)15(8-5-9-16)14(17)12-6-4-7-13(10-12)18-3/h4,6-7,10-11,16H,5,8-9H2,1-3H3. The first-order chi connectivity index (χ1) is 8.60. The normalized spacial score (nSPS) is 10.5. The predicted octanol–water partition coefficient (Wildman–Crippen LogP) is 1.93. The van der Waals surface area contributed by atoms with Crippen LogP contribution in [-0.2, 0) is 0 Å². The lowest BCUT2D eigenvalue weighted by Crippen LogP contribution is -2.38. The van der Waals surface area contributed by atoms with Crippen LogP contribution in [0.15, 0.2) is 24.3 Å². The van der Waals surface area contributed by atoms with E-state index in [9.17, 15) is 4.79 Å². The molecule has 0 unspecified atom stereocenters. The lowest BCUT2D eigenvalue weighted by Gasteiger charge is -2.26. The van der Waals surface area contributed by atoms with E-state index in [-0.39, 0.29) is 18.6 Å². The summed E-state index contributed by atoms with van der Waals surface area (Å²) in [7, 11) is 1.58. The molecule has 0 aliphatic carbocycles. The summed E-state index contributed by atoms with van der Waals surface area (Å²) in [5, 5.41) is 8.87. The van der Waals surface area contributed by atoms with Gasteiger partial charge in [-0.2, -0.15) is 0 Å². The topological polar surface area (TPSA) is 49.8 Å². The first kappa shape index (κ1) is 14.5. The first-order valence-electron chi connectivity index (χ1n) is 6.16. The number of carbonyl (C=O) groups excluding carboxylic acids is 1. The molecule has 0 aliphatic rings. The summed E-state index contributed by atoms with van der Waals surface area (Å²) in [5.41, 5.74) is 0.612. The minimum Gasteiger partial charge on any atom is -0.497 e. The summed E-state index contributed by atoms with van der Waals surface area (Å²) in [6.45, 7) is 4.59. The van der Waals surface area contributed by atoms with Gasteiger partial charge in [-0.15, -0.1) is 0 Å². The van der Waals surface area contributed by atoms with Crippen molar-refractivity contribution in [3.05, 3.63) is 29.8 Å². The molecule has 0 bridgehead atoms. The van der Waals surface area contributed by atoms with Crippen LogP contribution < -0.4 is 4.74 Å². The quantitative estimate of drug-likeness (QED) is 0.840. The van der Waals surface area contributed by atoms with E-state index in [4.69, 9.17) is 9.84 Å². The molecule has 0 saturated carbocycles. The van der Waals surface area contributed by atoms with E-state index in [2.05, 4.69) is 0 Å². The highest BCUT2D eigenvalue weighted by Crippen LogP contribution is 2.15. The number of benzene rings is 1. The van der Waals surface area contributed by atoms with Crippen LogP contribution in [0.3, 0.4) is 0 Å². The van der Waals surface area contributed by atoms with E-state index in [0.29, 0.717) is 24.3 Å². The number of ether oxygens (including phenoxy) is 1. The Balaban J connectivity index is 2.87. The molecule has 4 heteroatoms. The highest BCUT2D eigenvalue weighted by atomic mass is 16.5. The number of methoxy groups -OCH3 is 1. The summed E-state index contributed by atoms with van der Waals surface area (Å²) in [4.78, 5) is 14.1. The number of amides is 1. The fourth-order valence-corrected chi connectivity index (χ4v) is 1.76. The predicted molar refractivity (Wildman–Crippen MR) is 70.9 cm³/mol. The summed E-state index contributed by atoms with van der Waals surface area (Å²) in [5.74, 6) is 0.643. The fourth-order valence-electron chi connectivity index (χ4n) is 1.76. The third kappa shape index (κ3) is 3.74. The largest absolute Gasteiger partial charge is 0.497 e. The van der Waals surface area contributed by atoms with Crippen molar-refractivity contribution in [2.45, 2.75) is 26.3 Å². The number of hydrogen-bond acceptors (Lipinski definition) is 3. The number of hydrogen-bond donors (Lipinski definition) is 1. The maximum absolute atomic E-state index is 12.3. The smallest absolute Gasteiger partial charge is 0.254 e. The van der Waals surface area contributed by atoms with Crippen LogP contribution in [0.4, 0.5) is 0 Å². The van der Waals surface area contributed by atoms with Crippen molar-refractivity contribution in [2.75, 3.05) is 20.3 Å². The van der Waals surface area contributed by atoms with E-state index < -0.39 is 0 Å². The molecule has 0 fully saturated rings. The lowest BCUT2D eigenvalue weighted by molar-refractivity contribution is 0.0692. The van der Waals surface area contributed by atoms with Gasteiger partial charge in [0.2, 0.25) is 0 Å². The van der Waals surface area contributed by atoms with Crippen LogP contribution >= 0.6 is 0 Å². The second-order valence-corrected chi connectivity index (χ2v) is 4.40. The van der Waals surface area contributed by atoms with Gasteiger partial charge in [-0.25, -0.2) is 0 Å². The van der Waals surface area contributed by atoms with Gasteiger partial charge in [-0.05, 0) is 38.5 Å². The average Bonchev–Trinajstić information content (AvgIpc) is 2.38. The molecule has 1 aromatic carbocycles. The van der Waals surface area contributed by atoms with Crippen LogP contribution in [0.2, 0.25) is 0 Å². The molecule has 100 valence electrons. The highest BCUT2D eigenvalue weighted by molar-refractivity contribution is 5.94. The van der Waals surface area contributed by atoms with Crippen LogP contribution in [-0.4, -0.2) is 42.2 Å². The van der Waals surface area contributed by atoms with Gasteiger partial charge in [0, 0.05) is 24.8 Å². The van der Waals surface area contributed by atoms with Crippen LogP contribution in [0.1, 0.15) is 30.6 Å². The molecular formula is C14H21NO3. The monoisotopic (exact) mass is 251 g/mol. The zero-order chi connectivity index (χ0) is 13.5. The molecule has 18 heavy (non-hydrogen) atoms. The van der Waals surface area contributed by atoms with Gasteiger partial charge in [-0.3, -0.25) is 4.79 Å². The Hall–Kier alpha value is -1.55. The SMILES string of the molecule is COc1cccc(C(=O)N(CCCO)C(C)C)c1. The molecule has 0 saturated heterocycles. The minimum absolute atomic E-state index is 0.0302. The molecule has 1 N–H and O–H groups in total. The molecule has 0 aliphatic heterocycles. The van der Waals surface area contributed by atoms with Crippen molar-refractivity contribution in [3.8, 4) is 5.75 Å². The van der Waals surface area contributed by atoms with E-state index in [1.807, 2.05) is 19.9 Å². The van der Waals surface area contributed by atoms with E-state index in [1.54, 1.807) is 30.2 Å². The second kappa shape index (κ2) is 7.01. The third-order valence-corrected chi connectivity index (χ3v) is 2.76. The van der Waals surface area contributed by atoms with Crippen molar-refractivity contribution in [1.29, 1.82) is 0 Å². The Kier molecular flexibility index (Phi) is 5.65. The van der Waals surface area contributed by atoms with E-state index in [0.717, 1.165) is 0 Å². The van der Waals surface area contributed by atoms with Gasteiger partial charge in [-0.1, -0.05) is 6.07 Å². The van der Waals surface area contributed by atoms with Crippen LogP contribution in [0.5, 0.6) is 5.75 Å². The Labute approximate surface area is 108 Å². The number of nitrogens with zero attached hydrogens (tertiary/aromatic N) is 1. The molecule has 1 aromatic rings. The minimum atomic E-state index is -0.0302. The van der Waals surface area contributed by atoms with Crippen molar-refractivity contribution in [3.63, 3.8) is 0 Å². The zero-order valence-corrected chi connectivity index (χ0v) is 11.2. The van der Waals surface area contributed by atoms with Crippen molar-refractivity contribution >= 4 is 5.91 Å². The van der Waals surface area contributed by atoms with E-state index in [1.165, 1.54) is 0 Å². The third-order valence-electron chi connectivity index (χ3n) is 2.76. The van der Waals surface area contributed by atoms with Crippen molar-refractivity contribution in [2.24, 2.45) is 0 Å². The van der Waals surface area contributed by atoms with Gasteiger partial charge < -0.3 is 14.7 Å². The van der Waals surface area contributed by atoms with E-state index >= 15 is 0 Å². The Bertz CT molecular complexity index is 390.